The van der Waals surface area contributed by atoms with Gasteiger partial charge in [-0.05, 0) is 87.0 Å². The molecule has 0 radical (unpaired) electrons. The first kappa shape index (κ1) is 31.2. The Balaban J connectivity index is 2.04. The summed E-state index contributed by atoms with van der Waals surface area (Å²) in [5.41, 5.74) is 0.772. The lowest BCUT2D eigenvalue weighted by atomic mass is 10.1. The van der Waals surface area contributed by atoms with Crippen LogP contribution in [0.15, 0.2) is 71.6 Å². The van der Waals surface area contributed by atoms with Gasteiger partial charge >= 0.3 is 0 Å². The SMILES string of the molecule is CCNC(=O)[C@@H](C)N(Cc1ccc(Cl)c(Cl)c1)C(=O)CN(c1ccc(OCC)cc1)S(=O)(=O)c1ccc(F)cc1. The first-order chi connectivity index (χ1) is 19.0. The van der Waals surface area contributed by atoms with Gasteiger partial charge in [0.2, 0.25) is 11.8 Å². The van der Waals surface area contributed by atoms with Gasteiger partial charge in [0.1, 0.15) is 24.2 Å². The molecule has 3 aromatic carbocycles. The van der Waals surface area contributed by atoms with Crippen LogP contribution >= 0.6 is 23.2 Å². The van der Waals surface area contributed by atoms with Gasteiger partial charge < -0.3 is 15.0 Å². The van der Waals surface area contributed by atoms with E-state index >= 15 is 0 Å². The second-order valence-corrected chi connectivity index (χ2v) is 11.4. The van der Waals surface area contributed by atoms with E-state index in [0.717, 1.165) is 28.6 Å². The summed E-state index contributed by atoms with van der Waals surface area (Å²) < 4.78 is 47.5. The van der Waals surface area contributed by atoms with Crippen molar-refractivity contribution in [2.45, 2.75) is 38.3 Å². The monoisotopic (exact) mass is 609 g/mol. The highest BCUT2D eigenvalue weighted by atomic mass is 35.5. The summed E-state index contributed by atoms with van der Waals surface area (Å²) in [7, 11) is -4.33. The molecular weight excluding hydrogens is 580 g/mol. The van der Waals surface area contributed by atoms with Gasteiger partial charge in [0.05, 0.1) is 27.2 Å². The molecule has 0 aromatic heterocycles. The van der Waals surface area contributed by atoms with Gasteiger partial charge in [0, 0.05) is 13.1 Å². The van der Waals surface area contributed by atoms with Gasteiger partial charge in [-0.2, -0.15) is 0 Å². The lowest BCUT2D eigenvalue weighted by molar-refractivity contribution is -0.139. The number of carbonyl (C=O) groups excluding carboxylic acids is 2. The van der Waals surface area contributed by atoms with E-state index in [2.05, 4.69) is 5.32 Å². The molecule has 1 N–H and O–H groups in total. The lowest BCUT2D eigenvalue weighted by Crippen LogP contribution is -2.51. The zero-order valence-electron chi connectivity index (χ0n) is 22.2. The molecular formula is C28H30Cl2FN3O5S. The molecule has 2 amide bonds. The molecule has 0 saturated carbocycles. The molecule has 0 heterocycles. The minimum Gasteiger partial charge on any atom is -0.494 e. The molecule has 12 heteroatoms. The van der Waals surface area contributed by atoms with Crippen LogP contribution in [0.3, 0.4) is 0 Å². The predicted molar refractivity (Wildman–Crippen MR) is 154 cm³/mol. The molecule has 3 aromatic rings. The maximum Gasteiger partial charge on any atom is 0.264 e. The molecule has 0 aliphatic rings. The van der Waals surface area contributed by atoms with Crippen LogP contribution in [0.25, 0.3) is 0 Å². The third-order valence-corrected chi connectivity index (χ3v) is 8.50. The Hall–Kier alpha value is -3.34. The van der Waals surface area contributed by atoms with Crippen molar-refractivity contribution in [1.82, 2.24) is 10.2 Å². The summed E-state index contributed by atoms with van der Waals surface area (Å²) in [6.07, 6.45) is 0. The van der Waals surface area contributed by atoms with E-state index in [-0.39, 0.29) is 22.2 Å². The molecule has 0 aliphatic carbocycles. The molecule has 0 fully saturated rings. The number of rotatable bonds is 12. The van der Waals surface area contributed by atoms with E-state index in [1.54, 1.807) is 44.2 Å². The zero-order valence-corrected chi connectivity index (χ0v) is 24.6. The molecule has 1 atom stereocenters. The van der Waals surface area contributed by atoms with Gasteiger partial charge in [0.15, 0.2) is 0 Å². The average molecular weight is 611 g/mol. The first-order valence-electron chi connectivity index (χ1n) is 12.5. The number of hydrogen-bond donors (Lipinski definition) is 1. The van der Waals surface area contributed by atoms with Crippen LogP contribution in [-0.4, -0.2) is 50.9 Å². The van der Waals surface area contributed by atoms with Crippen LogP contribution in [0.1, 0.15) is 26.3 Å². The standard InChI is InChI=1S/C28H30Cl2FN3O5S/c1-4-32-28(36)19(3)33(17-20-6-15-25(29)26(30)16-20)27(35)18-34(22-9-11-23(12-10-22)39-5-2)40(37,38)24-13-7-21(31)8-14-24/h6-16,19H,4-5,17-18H2,1-3H3,(H,32,36)/t19-/m1/s1. The second kappa shape index (κ2) is 13.8. The Labute approximate surface area is 243 Å². The average Bonchev–Trinajstić information content (AvgIpc) is 2.93. The van der Waals surface area contributed by atoms with E-state index in [0.29, 0.717) is 29.5 Å². The minimum atomic E-state index is -4.33. The molecule has 8 nitrogen and oxygen atoms in total. The Kier molecular flexibility index (Phi) is 10.8. The quantitative estimate of drug-likeness (QED) is 0.301. The van der Waals surface area contributed by atoms with Crippen molar-refractivity contribution in [3.63, 3.8) is 0 Å². The van der Waals surface area contributed by atoms with Crippen LogP contribution < -0.4 is 14.4 Å². The van der Waals surface area contributed by atoms with Crippen LogP contribution in [0.5, 0.6) is 5.75 Å². The van der Waals surface area contributed by atoms with Crippen LogP contribution in [-0.2, 0) is 26.2 Å². The summed E-state index contributed by atoms with van der Waals surface area (Å²) >= 11 is 12.2. The third-order valence-electron chi connectivity index (χ3n) is 5.97. The summed E-state index contributed by atoms with van der Waals surface area (Å²) in [4.78, 5) is 27.7. The van der Waals surface area contributed by atoms with E-state index < -0.39 is 40.2 Å². The van der Waals surface area contributed by atoms with Gasteiger partial charge in [-0.25, -0.2) is 12.8 Å². The zero-order chi connectivity index (χ0) is 29.4. The second-order valence-electron chi connectivity index (χ2n) is 8.73. The maximum absolute atomic E-state index is 13.8. The fourth-order valence-corrected chi connectivity index (χ4v) is 5.61. The molecule has 214 valence electrons. The third kappa shape index (κ3) is 7.65. The van der Waals surface area contributed by atoms with Gasteiger partial charge in [-0.15, -0.1) is 0 Å². The number of amides is 2. The van der Waals surface area contributed by atoms with Crippen molar-refractivity contribution in [1.29, 1.82) is 0 Å². The van der Waals surface area contributed by atoms with Crippen molar-refractivity contribution in [2.75, 3.05) is 24.0 Å². The number of nitrogens with zero attached hydrogens (tertiary/aromatic N) is 2. The summed E-state index contributed by atoms with van der Waals surface area (Å²) in [5.74, 6) is -1.15. The fourth-order valence-electron chi connectivity index (χ4n) is 3.88. The number of anilines is 1. The summed E-state index contributed by atoms with van der Waals surface area (Å²) in [5, 5.41) is 3.29. The molecule has 40 heavy (non-hydrogen) atoms. The van der Waals surface area contributed by atoms with Gasteiger partial charge in [0.25, 0.3) is 10.0 Å². The van der Waals surface area contributed by atoms with E-state index in [1.807, 2.05) is 6.92 Å². The van der Waals surface area contributed by atoms with Gasteiger partial charge in [-0.3, -0.25) is 13.9 Å². The smallest absolute Gasteiger partial charge is 0.264 e. The maximum atomic E-state index is 13.8. The van der Waals surface area contributed by atoms with Crippen molar-refractivity contribution in [2.24, 2.45) is 0 Å². The highest BCUT2D eigenvalue weighted by Gasteiger charge is 2.32. The highest BCUT2D eigenvalue weighted by molar-refractivity contribution is 7.92. The van der Waals surface area contributed by atoms with Crippen LogP contribution in [0.4, 0.5) is 10.1 Å². The van der Waals surface area contributed by atoms with Crippen molar-refractivity contribution in [3.05, 3.63) is 88.2 Å². The minimum absolute atomic E-state index is 0.0399. The number of nitrogens with one attached hydrogen (secondary N) is 1. The number of hydrogen-bond acceptors (Lipinski definition) is 5. The number of benzene rings is 3. The van der Waals surface area contributed by atoms with Crippen molar-refractivity contribution < 1.29 is 27.1 Å². The summed E-state index contributed by atoms with van der Waals surface area (Å²) in [6, 6.07) is 14.4. The first-order valence-corrected chi connectivity index (χ1v) is 14.7. The number of ether oxygens (including phenoxy) is 1. The highest BCUT2D eigenvalue weighted by Crippen LogP contribution is 2.28. The predicted octanol–water partition coefficient (Wildman–Crippen LogP) is 5.28. The molecule has 0 spiro atoms. The topological polar surface area (TPSA) is 96.0 Å². The normalized spacial score (nSPS) is 11.9. The number of halogens is 3. The Morgan fingerprint density at radius 1 is 0.975 bits per heavy atom. The summed E-state index contributed by atoms with van der Waals surface area (Å²) in [6.45, 7) is 5.19. The van der Waals surface area contributed by atoms with E-state index in [1.165, 1.54) is 17.0 Å². The molecule has 0 bridgehead atoms. The fraction of sp³-hybridized carbons (Fsp3) is 0.286. The van der Waals surface area contributed by atoms with Crippen LogP contribution in [0.2, 0.25) is 10.0 Å². The Bertz CT molecular complexity index is 1440. The number of carbonyl (C=O) groups is 2. The lowest BCUT2D eigenvalue weighted by Gasteiger charge is -2.32. The number of likely N-dealkylation sites (N-methyl/N-ethyl adjacent to an activating group) is 1. The Morgan fingerprint density at radius 2 is 1.62 bits per heavy atom. The van der Waals surface area contributed by atoms with Crippen LogP contribution in [0, 0.1) is 5.82 Å². The van der Waals surface area contributed by atoms with E-state index in [9.17, 15) is 22.4 Å². The van der Waals surface area contributed by atoms with E-state index in [4.69, 9.17) is 27.9 Å². The molecule has 0 saturated heterocycles. The molecule has 0 unspecified atom stereocenters. The number of sulfonamides is 1. The van der Waals surface area contributed by atoms with Crippen molar-refractivity contribution >= 4 is 50.7 Å². The molecule has 0 aliphatic heterocycles. The molecule has 3 rings (SSSR count). The van der Waals surface area contributed by atoms with Crippen molar-refractivity contribution in [3.8, 4) is 5.75 Å². The Morgan fingerprint density at radius 3 is 2.20 bits per heavy atom. The largest absolute Gasteiger partial charge is 0.494 e. The van der Waals surface area contributed by atoms with Gasteiger partial charge in [-0.1, -0.05) is 29.3 Å².